The van der Waals surface area contributed by atoms with Gasteiger partial charge in [0.2, 0.25) is 35.4 Å². The number of nitrogens with zero attached hydrogens (tertiary/aromatic N) is 4. The average Bonchev–Trinajstić information content (AvgIpc) is 4.45. The molecule has 1 aromatic heterocycles. The van der Waals surface area contributed by atoms with E-state index < -0.39 is 159 Å². The van der Waals surface area contributed by atoms with Crippen LogP contribution in [-0.2, 0) is 45.7 Å². The van der Waals surface area contributed by atoms with Crippen LogP contribution >= 0.6 is 11.8 Å². The first-order valence-electron chi connectivity index (χ1n) is 26.6. The number of nitrogens with one attached hydrogen (secondary N) is 7. The molecule has 0 saturated carbocycles. The fourth-order valence-electron chi connectivity index (χ4n) is 10.3. The lowest BCUT2D eigenvalue weighted by atomic mass is 9.92. The second kappa shape index (κ2) is 26.1. The molecule has 5 heterocycles. The molecule has 5 aromatic rings. The molecule has 28 nitrogen and oxygen atoms in total. The number of thioether (sulfide) groups is 1. The summed E-state index contributed by atoms with van der Waals surface area (Å²) in [6.45, 7) is -1.89. The van der Waals surface area contributed by atoms with Crippen molar-refractivity contribution in [1.29, 1.82) is 0 Å². The summed E-state index contributed by atoms with van der Waals surface area (Å²) in [5, 5.41) is 97.1. The minimum atomic E-state index is -2.27. The number of ether oxygens (including phenoxy) is 1. The zero-order chi connectivity index (χ0) is 59.2. The largest absolute Gasteiger partial charge is 0.431 e. The van der Waals surface area contributed by atoms with Gasteiger partial charge in [0.15, 0.2) is 23.7 Å². The molecule has 18 N–H and O–H groups in total. The van der Waals surface area contributed by atoms with Crippen LogP contribution in [0.2, 0.25) is 0 Å². The number of aliphatic hydroxyl groups excluding tert-OH is 7. The first-order valence-corrected chi connectivity index (χ1v) is 27.6. The van der Waals surface area contributed by atoms with Gasteiger partial charge in [-0.15, -0.1) is 0 Å². The van der Waals surface area contributed by atoms with Crippen LogP contribution in [0.15, 0.2) is 111 Å². The highest BCUT2D eigenvalue weighted by molar-refractivity contribution is 7.98. The zero-order valence-electron chi connectivity index (χ0n) is 44.5. The van der Waals surface area contributed by atoms with Gasteiger partial charge in [0.05, 0.1) is 44.9 Å². The van der Waals surface area contributed by atoms with Crippen molar-refractivity contribution in [1.82, 2.24) is 47.1 Å². The quantitative estimate of drug-likeness (QED) is 0.0463. The van der Waals surface area contributed by atoms with Crippen molar-refractivity contribution in [3.63, 3.8) is 0 Å². The predicted molar refractivity (Wildman–Crippen MR) is 297 cm³/mol. The molecule has 0 spiro atoms. The van der Waals surface area contributed by atoms with Crippen LogP contribution in [0, 0.1) is 0 Å². The molecule has 0 radical (unpaired) electrons. The van der Waals surface area contributed by atoms with E-state index >= 15 is 9.59 Å². The van der Waals surface area contributed by atoms with E-state index in [-0.39, 0.29) is 18.9 Å². The van der Waals surface area contributed by atoms with Gasteiger partial charge >= 0.3 is 0 Å². The summed E-state index contributed by atoms with van der Waals surface area (Å²) in [5.41, 5.74) is 15.0. The molecule has 29 heteroatoms. The Morgan fingerprint density at radius 3 is 2.07 bits per heavy atom. The predicted octanol–water partition coefficient (Wildman–Crippen LogP) is -5.03. The van der Waals surface area contributed by atoms with Crippen LogP contribution < -0.4 is 48.7 Å². The Bertz CT molecular complexity index is 3260. The van der Waals surface area contributed by atoms with Crippen molar-refractivity contribution in [2.45, 2.75) is 115 Å². The molecule has 4 aliphatic heterocycles. The monoisotopic (exact) mass is 1170 g/mol. The standard InChI is InChI=1S/C54H65N13O15S/c1-24(27-7-3-2-4-8-27)38-48(78)60-31(17-25-12-14-35-30(16-25)63-54(82-35)83-23-26-11-13-28-9-5-6-10-29(28)15-26)47(77)65-39(41(71)32-18-58-52(55)62-32)50(80)66-40(49(79)61-33(21-68)46(76)57-20-37(70)64-38)42(72)34-19-59-53(56)67(34)51-45(75)44(74)43(73)36(22-69)81-51/h2-16,24,31-34,36,38-45,51,68-69,71-75H,17-23H2,1H3,(H2,56,59)(H,57,76)(H,60,78)(H,61,79)(H,64,70)(H,65,77)(H,66,80)(H3,55,58,62)/t24?,31-,32?,33+,34?,36-,38+,39+,40-,41?,42?,43-,44+,45+,51+/m1/s1. The van der Waals surface area contributed by atoms with Crippen molar-refractivity contribution in [3.05, 3.63) is 108 Å². The number of hydrogen-bond acceptors (Lipinski definition) is 23. The molecular weight excluding hydrogens is 1100 g/mol. The van der Waals surface area contributed by atoms with Crippen LogP contribution in [0.4, 0.5) is 0 Å². The molecule has 2 saturated heterocycles. The van der Waals surface area contributed by atoms with Crippen LogP contribution in [-0.4, -0.2) is 211 Å². The van der Waals surface area contributed by atoms with Gasteiger partial charge in [-0.25, -0.2) is 4.98 Å². The number of aromatic nitrogens is 1. The Kier molecular flexibility index (Phi) is 18.7. The van der Waals surface area contributed by atoms with Gasteiger partial charge in [-0.2, -0.15) is 0 Å². The number of aliphatic imine (C=N–C) groups is 2. The summed E-state index contributed by atoms with van der Waals surface area (Å²) in [4.78, 5) is 101. The maximum atomic E-state index is 15.1. The molecule has 9 rings (SSSR count). The van der Waals surface area contributed by atoms with E-state index in [1.165, 1.54) is 11.8 Å². The molecule has 4 aliphatic rings. The van der Waals surface area contributed by atoms with Crippen molar-refractivity contribution in [3.8, 4) is 0 Å². The number of hydrogen-bond donors (Lipinski definition) is 16. The van der Waals surface area contributed by atoms with E-state index in [2.05, 4.69) is 53.3 Å². The van der Waals surface area contributed by atoms with E-state index in [0.29, 0.717) is 33.2 Å². The Morgan fingerprint density at radius 2 is 1.35 bits per heavy atom. The molecular formula is C54H65N13O15S. The zero-order valence-corrected chi connectivity index (χ0v) is 45.3. The fraction of sp³-hybridized carbons (Fsp3) is 0.426. The third-order valence-electron chi connectivity index (χ3n) is 15.0. The Hall–Kier alpha value is -8.00. The molecule has 2 fully saturated rings. The number of nitrogens with two attached hydrogens (primary N) is 2. The normalized spacial score (nSPS) is 28.9. The third kappa shape index (κ3) is 13.4. The van der Waals surface area contributed by atoms with Crippen molar-refractivity contribution >= 4 is 81.0 Å². The van der Waals surface area contributed by atoms with Gasteiger partial charge in [0.25, 0.3) is 5.22 Å². The lowest BCUT2D eigenvalue weighted by Crippen LogP contribution is -2.70. The van der Waals surface area contributed by atoms with Gasteiger partial charge in [-0.05, 0) is 39.6 Å². The van der Waals surface area contributed by atoms with Gasteiger partial charge in [0, 0.05) is 18.1 Å². The van der Waals surface area contributed by atoms with E-state index in [0.717, 1.165) is 21.2 Å². The molecule has 0 bridgehead atoms. The van der Waals surface area contributed by atoms with E-state index in [1.807, 2.05) is 36.4 Å². The van der Waals surface area contributed by atoms with Crippen molar-refractivity contribution < 1.29 is 73.7 Å². The van der Waals surface area contributed by atoms with Crippen LogP contribution in [0.1, 0.15) is 29.5 Å². The van der Waals surface area contributed by atoms with Crippen molar-refractivity contribution in [2.24, 2.45) is 21.5 Å². The summed E-state index contributed by atoms with van der Waals surface area (Å²) in [6, 6.07) is 15.4. The molecule has 0 aliphatic carbocycles. The maximum Gasteiger partial charge on any atom is 0.257 e. The summed E-state index contributed by atoms with van der Waals surface area (Å²) >= 11 is 1.36. The summed E-state index contributed by atoms with van der Waals surface area (Å²) in [7, 11) is 0. The summed E-state index contributed by atoms with van der Waals surface area (Å²) < 4.78 is 11.8. The number of oxazole rings is 1. The molecule has 15 atom stereocenters. The molecule has 442 valence electrons. The number of fused-ring (bicyclic) bond motifs is 2. The second-order valence-electron chi connectivity index (χ2n) is 20.5. The number of benzene rings is 4. The molecule has 5 unspecified atom stereocenters. The first kappa shape index (κ1) is 59.6. The lowest BCUT2D eigenvalue weighted by Gasteiger charge is -2.46. The molecule has 6 amide bonds. The third-order valence-corrected chi connectivity index (χ3v) is 15.9. The number of carbonyl (C=O) groups excluding carboxylic acids is 6. The average molecular weight is 1170 g/mol. The highest BCUT2D eigenvalue weighted by atomic mass is 32.2. The minimum Gasteiger partial charge on any atom is -0.431 e. The first-order chi connectivity index (χ1) is 39.8. The van der Waals surface area contributed by atoms with E-state index in [9.17, 15) is 54.9 Å². The SMILES string of the molecule is CC(c1ccccc1)[C@@H]1NC(=O)CNC(=O)[C@H](CO)NC(=O)[C@@H](C(O)C2CN=C(N)N2[C@H]2O[C@H](CO)[C@@H](O)[C@H](O)[C@@H]2O)NC(=O)[C@H](C(O)C2CN=C(N)N2)NC(=O)[C@@H](Cc2ccc3oc(SCc4ccc5ccccc5c4)nc3c2)NC1=O. The van der Waals surface area contributed by atoms with Gasteiger partial charge in [0.1, 0.15) is 72.3 Å². The summed E-state index contributed by atoms with van der Waals surface area (Å²) in [5.74, 6) is -7.64. The van der Waals surface area contributed by atoms with Gasteiger partial charge < -0.3 is 98.5 Å². The number of amides is 6. The minimum absolute atomic E-state index is 0.140. The number of aliphatic hydroxyl groups is 7. The van der Waals surface area contributed by atoms with Gasteiger partial charge in [-0.1, -0.05) is 97.5 Å². The van der Waals surface area contributed by atoms with Crippen LogP contribution in [0.25, 0.3) is 21.9 Å². The van der Waals surface area contributed by atoms with E-state index in [4.69, 9.17) is 25.6 Å². The Labute approximate surface area is 477 Å². The Balaban J connectivity index is 1.06. The Morgan fingerprint density at radius 1 is 0.675 bits per heavy atom. The highest BCUT2D eigenvalue weighted by Crippen LogP contribution is 2.31. The lowest BCUT2D eigenvalue weighted by molar-refractivity contribution is -0.260. The molecule has 83 heavy (non-hydrogen) atoms. The van der Waals surface area contributed by atoms with Crippen LogP contribution in [0.3, 0.4) is 0 Å². The number of rotatable bonds is 14. The van der Waals surface area contributed by atoms with Crippen LogP contribution in [0.5, 0.6) is 0 Å². The fourth-order valence-corrected chi connectivity index (χ4v) is 11.1. The number of guanidine groups is 2. The topological polar surface area (TPSA) is 443 Å². The second-order valence-corrected chi connectivity index (χ2v) is 21.5. The van der Waals surface area contributed by atoms with Gasteiger partial charge in [-0.3, -0.25) is 38.8 Å². The summed E-state index contributed by atoms with van der Waals surface area (Å²) in [6.07, 6.45) is -13.5. The highest BCUT2D eigenvalue weighted by Gasteiger charge is 2.52. The van der Waals surface area contributed by atoms with Crippen molar-refractivity contribution in [2.75, 3.05) is 32.8 Å². The molecule has 4 aromatic carbocycles. The number of carbonyl (C=O) groups is 6. The maximum absolute atomic E-state index is 15.1. The smallest absolute Gasteiger partial charge is 0.257 e. The van der Waals surface area contributed by atoms with E-state index in [1.54, 1.807) is 55.5 Å².